The number of methoxy groups -OCH3 is 1. The molecule has 0 amide bonds. The van der Waals surface area contributed by atoms with Crippen molar-refractivity contribution in [1.29, 1.82) is 0 Å². The average Bonchev–Trinajstić information content (AvgIpc) is 2.77. The molecule has 1 atom stereocenters. The van der Waals surface area contributed by atoms with Gasteiger partial charge in [0.1, 0.15) is 0 Å². The summed E-state index contributed by atoms with van der Waals surface area (Å²) in [5.41, 5.74) is 1.98. The Hall–Kier alpha value is -1.10. The van der Waals surface area contributed by atoms with Crippen molar-refractivity contribution in [3.63, 3.8) is 0 Å². The number of benzene rings is 1. The van der Waals surface area contributed by atoms with Crippen molar-refractivity contribution in [2.45, 2.75) is 19.4 Å². The van der Waals surface area contributed by atoms with E-state index in [2.05, 4.69) is 5.32 Å². The smallest absolute Gasteiger partial charge is 0.165 e. The molecule has 1 heterocycles. The summed E-state index contributed by atoms with van der Waals surface area (Å²) in [5, 5.41) is 6.07. The summed E-state index contributed by atoms with van der Waals surface area (Å²) in [6.07, 6.45) is 0.678. The zero-order valence-corrected chi connectivity index (χ0v) is 13.2. The molecule has 2 rings (SSSR count). The molecule has 0 bridgehead atoms. The second kappa shape index (κ2) is 6.57. The van der Waals surface area contributed by atoms with Crippen LogP contribution in [-0.2, 0) is 6.42 Å². The summed E-state index contributed by atoms with van der Waals surface area (Å²) in [6, 6.07) is 5.12. The fourth-order valence-electron chi connectivity index (χ4n) is 2.08. The fourth-order valence-corrected chi connectivity index (χ4v) is 3.52. The molecule has 0 aliphatic carbocycles. The number of halogens is 2. The number of aryl methyl sites for hydroxylation is 1. The van der Waals surface area contributed by atoms with Gasteiger partial charge in [-0.05, 0) is 49.0 Å². The van der Waals surface area contributed by atoms with Gasteiger partial charge in [-0.15, -0.1) is 11.3 Å². The molecule has 0 fully saturated rings. The highest BCUT2D eigenvalue weighted by atomic mass is 35.5. The third kappa shape index (κ3) is 3.14. The van der Waals surface area contributed by atoms with E-state index in [1.54, 1.807) is 17.4 Å². The lowest BCUT2D eigenvalue weighted by molar-refractivity contribution is 0.386. The monoisotopic (exact) mass is 313 g/mol. The normalized spacial score (nSPS) is 12.4. The van der Waals surface area contributed by atoms with Crippen LogP contribution in [0.2, 0.25) is 5.02 Å². The number of likely N-dealkylation sites (N-methyl/N-ethyl adjacent to an activating group) is 1. The van der Waals surface area contributed by atoms with Crippen LogP contribution in [0, 0.1) is 12.7 Å². The summed E-state index contributed by atoms with van der Waals surface area (Å²) < 4.78 is 18.7. The van der Waals surface area contributed by atoms with E-state index in [9.17, 15) is 4.39 Å². The lowest BCUT2D eigenvalue weighted by atomic mass is 10.0. The van der Waals surface area contributed by atoms with Crippen LogP contribution in [-0.4, -0.2) is 14.2 Å². The van der Waals surface area contributed by atoms with Gasteiger partial charge in [-0.2, -0.15) is 0 Å². The van der Waals surface area contributed by atoms with Gasteiger partial charge in [0.15, 0.2) is 11.6 Å². The molecule has 2 nitrogen and oxygen atoms in total. The zero-order chi connectivity index (χ0) is 14.7. The first-order valence-corrected chi connectivity index (χ1v) is 7.55. The Bertz CT molecular complexity index is 600. The molecule has 0 radical (unpaired) electrons. The minimum atomic E-state index is -0.340. The summed E-state index contributed by atoms with van der Waals surface area (Å²) in [6.45, 7) is 1.99. The molecule has 0 spiro atoms. The molecule has 0 aliphatic heterocycles. The molecule has 20 heavy (non-hydrogen) atoms. The molecule has 108 valence electrons. The molecule has 5 heteroatoms. The van der Waals surface area contributed by atoms with Gasteiger partial charge >= 0.3 is 0 Å². The van der Waals surface area contributed by atoms with E-state index in [0.29, 0.717) is 6.42 Å². The van der Waals surface area contributed by atoms with Crippen molar-refractivity contribution < 1.29 is 9.13 Å². The number of rotatable bonds is 5. The number of hydrogen-bond donors (Lipinski definition) is 1. The number of hydrogen-bond acceptors (Lipinski definition) is 3. The largest absolute Gasteiger partial charge is 0.494 e. The molecule has 0 saturated carbocycles. The van der Waals surface area contributed by atoms with Gasteiger partial charge in [0.2, 0.25) is 0 Å². The number of thiophene rings is 1. The van der Waals surface area contributed by atoms with Crippen molar-refractivity contribution in [3.8, 4) is 5.75 Å². The maximum atomic E-state index is 13.7. The number of nitrogens with one attached hydrogen (secondary N) is 1. The van der Waals surface area contributed by atoms with Crippen LogP contribution >= 0.6 is 22.9 Å². The third-order valence-electron chi connectivity index (χ3n) is 3.25. The zero-order valence-electron chi connectivity index (χ0n) is 11.7. The Balaban J connectivity index is 2.22. The first-order chi connectivity index (χ1) is 9.56. The topological polar surface area (TPSA) is 21.3 Å². The van der Waals surface area contributed by atoms with Crippen molar-refractivity contribution in [2.24, 2.45) is 0 Å². The first kappa shape index (κ1) is 15.3. The summed E-state index contributed by atoms with van der Waals surface area (Å²) in [4.78, 5) is 1.09. The Labute approximate surface area is 127 Å². The quantitative estimate of drug-likeness (QED) is 0.885. The summed E-state index contributed by atoms with van der Waals surface area (Å²) in [7, 11) is 3.35. The maximum Gasteiger partial charge on any atom is 0.165 e. The first-order valence-electron chi connectivity index (χ1n) is 6.30. The van der Waals surface area contributed by atoms with Crippen LogP contribution in [0.5, 0.6) is 5.75 Å². The molecule has 1 aromatic carbocycles. The Morgan fingerprint density at radius 1 is 1.45 bits per heavy atom. The molecule has 0 saturated heterocycles. The predicted octanol–water partition coefficient (Wildman–Crippen LogP) is 4.36. The van der Waals surface area contributed by atoms with Crippen molar-refractivity contribution in [3.05, 3.63) is 50.4 Å². The van der Waals surface area contributed by atoms with E-state index in [-0.39, 0.29) is 17.6 Å². The van der Waals surface area contributed by atoms with E-state index in [1.165, 1.54) is 13.2 Å². The molecule has 1 aromatic heterocycles. The minimum Gasteiger partial charge on any atom is -0.494 e. The molecule has 0 aliphatic rings. The highest BCUT2D eigenvalue weighted by Crippen LogP contribution is 2.34. The second-order valence-electron chi connectivity index (χ2n) is 4.61. The Kier molecular flexibility index (Phi) is 5.02. The van der Waals surface area contributed by atoms with E-state index in [4.69, 9.17) is 16.3 Å². The van der Waals surface area contributed by atoms with Gasteiger partial charge in [0.25, 0.3) is 0 Å². The molecule has 2 aromatic rings. The van der Waals surface area contributed by atoms with Crippen LogP contribution in [0.4, 0.5) is 4.39 Å². The van der Waals surface area contributed by atoms with Crippen molar-refractivity contribution >= 4 is 22.9 Å². The highest BCUT2D eigenvalue weighted by molar-refractivity contribution is 7.10. The number of ether oxygens (including phenoxy) is 1. The van der Waals surface area contributed by atoms with Gasteiger partial charge in [0.05, 0.1) is 12.1 Å². The Morgan fingerprint density at radius 2 is 2.20 bits per heavy atom. The molecule has 1 unspecified atom stereocenters. The SMILES string of the molecule is CNC(Cc1ccc(OC)c(F)c1)c1scc(C)c1Cl. The lowest BCUT2D eigenvalue weighted by Gasteiger charge is -2.16. The van der Waals surface area contributed by atoms with Crippen LogP contribution in [0.15, 0.2) is 23.6 Å². The standard InChI is InChI=1S/C15H17ClFNOS/c1-9-8-20-15(14(9)16)12(18-2)7-10-4-5-13(19-3)11(17)6-10/h4-6,8,12,18H,7H2,1-3H3. The average molecular weight is 314 g/mol. The van der Waals surface area contributed by atoms with E-state index in [1.807, 2.05) is 25.4 Å². The molecular weight excluding hydrogens is 297 g/mol. The Morgan fingerprint density at radius 3 is 2.70 bits per heavy atom. The van der Waals surface area contributed by atoms with Crippen molar-refractivity contribution in [2.75, 3.05) is 14.2 Å². The lowest BCUT2D eigenvalue weighted by Crippen LogP contribution is -2.18. The summed E-state index contributed by atoms with van der Waals surface area (Å²) >= 11 is 7.93. The minimum absolute atomic E-state index is 0.0778. The van der Waals surface area contributed by atoms with Gasteiger partial charge in [-0.1, -0.05) is 17.7 Å². The van der Waals surface area contributed by atoms with Crippen LogP contribution in [0.3, 0.4) is 0 Å². The van der Waals surface area contributed by atoms with Crippen LogP contribution < -0.4 is 10.1 Å². The van der Waals surface area contributed by atoms with Gasteiger partial charge in [0, 0.05) is 10.9 Å². The molecular formula is C15H17ClFNOS. The van der Waals surface area contributed by atoms with E-state index in [0.717, 1.165) is 21.0 Å². The van der Waals surface area contributed by atoms with Crippen molar-refractivity contribution in [1.82, 2.24) is 5.32 Å². The third-order valence-corrected chi connectivity index (χ3v) is 5.07. The molecule has 1 N–H and O–H groups in total. The summed E-state index contributed by atoms with van der Waals surface area (Å²) in [5.74, 6) is -0.0759. The van der Waals surface area contributed by atoms with Gasteiger partial charge < -0.3 is 10.1 Å². The van der Waals surface area contributed by atoms with E-state index >= 15 is 0 Å². The van der Waals surface area contributed by atoms with Crippen LogP contribution in [0.25, 0.3) is 0 Å². The van der Waals surface area contributed by atoms with Gasteiger partial charge in [-0.3, -0.25) is 0 Å². The maximum absolute atomic E-state index is 13.7. The predicted molar refractivity (Wildman–Crippen MR) is 82.5 cm³/mol. The van der Waals surface area contributed by atoms with Crippen LogP contribution in [0.1, 0.15) is 22.0 Å². The highest BCUT2D eigenvalue weighted by Gasteiger charge is 2.17. The second-order valence-corrected chi connectivity index (χ2v) is 5.90. The van der Waals surface area contributed by atoms with E-state index < -0.39 is 0 Å². The fraction of sp³-hybridized carbons (Fsp3) is 0.333. The van der Waals surface area contributed by atoms with Gasteiger partial charge in [-0.25, -0.2) is 4.39 Å².